The van der Waals surface area contributed by atoms with Crippen LogP contribution in [0.15, 0.2) is 42.5 Å². The Labute approximate surface area is 83.2 Å². The van der Waals surface area contributed by atoms with Crippen molar-refractivity contribution >= 4 is 5.69 Å². The van der Waals surface area contributed by atoms with Crippen molar-refractivity contribution in [3.63, 3.8) is 0 Å². The molecule has 0 bridgehead atoms. The highest BCUT2D eigenvalue weighted by Crippen LogP contribution is 2.39. The molecule has 0 spiro atoms. The highest BCUT2D eigenvalue weighted by atomic mass is 14.6. The third kappa shape index (κ3) is 0.896. The summed E-state index contributed by atoms with van der Waals surface area (Å²) in [7, 11) is 0. The van der Waals surface area contributed by atoms with E-state index in [0.717, 1.165) is 12.1 Å². The van der Waals surface area contributed by atoms with Gasteiger partial charge in [-0.15, -0.1) is 0 Å². The fraction of sp³-hybridized carbons (Fsp3) is 0.0769. The number of nitrogen functional groups attached to an aromatic ring is 1. The fourth-order valence-corrected chi connectivity index (χ4v) is 2.22. The molecule has 0 atom stereocenters. The van der Waals surface area contributed by atoms with Gasteiger partial charge in [-0.25, -0.2) is 0 Å². The average Bonchev–Trinajstić information content (AvgIpc) is 2.57. The summed E-state index contributed by atoms with van der Waals surface area (Å²) < 4.78 is 0. The van der Waals surface area contributed by atoms with Crippen LogP contribution in [0.2, 0.25) is 0 Å². The number of rotatable bonds is 0. The molecule has 0 saturated carbocycles. The Bertz CT molecular complexity index is 500. The average molecular weight is 181 g/mol. The molecule has 0 fully saturated rings. The monoisotopic (exact) mass is 181 g/mol. The summed E-state index contributed by atoms with van der Waals surface area (Å²) in [4.78, 5) is 0. The molecule has 2 aromatic carbocycles. The van der Waals surface area contributed by atoms with Crippen molar-refractivity contribution < 1.29 is 0 Å². The first-order valence-electron chi connectivity index (χ1n) is 4.82. The lowest BCUT2D eigenvalue weighted by Gasteiger charge is -2.03. The van der Waals surface area contributed by atoms with Crippen LogP contribution in [0.3, 0.4) is 0 Å². The summed E-state index contributed by atoms with van der Waals surface area (Å²) in [6, 6.07) is 14.6. The zero-order chi connectivity index (χ0) is 9.54. The number of hydrogen-bond donors (Lipinski definition) is 1. The van der Waals surface area contributed by atoms with Gasteiger partial charge in [-0.05, 0) is 29.2 Å². The number of fused-ring (bicyclic) bond motifs is 3. The Kier molecular flexibility index (Phi) is 1.42. The molecule has 0 heterocycles. The van der Waals surface area contributed by atoms with E-state index in [0.29, 0.717) is 0 Å². The van der Waals surface area contributed by atoms with E-state index in [1.807, 2.05) is 12.1 Å². The highest BCUT2D eigenvalue weighted by molar-refractivity contribution is 5.85. The van der Waals surface area contributed by atoms with Crippen LogP contribution in [0, 0.1) is 0 Å². The lowest BCUT2D eigenvalue weighted by atomic mass is 10.0. The molecule has 0 aromatic heterocycles. The van der Waals surface area contributed by atoms with Gasteiger partial charge in [0.05, 0.1) is 0 Å². The molecule has 14 heavy (non-hydrogen) atoms. The first kappa shape index (κ1) is 7.63. The number of anilines is 1. The van der Waals surface area contributed by atoms with Crippen molar-refractivity contribution in [2.45, 2.75) is 6.42 Å². The van der Waals surface area contributed by atoms with E-state index >= 15 is 0 Å². The predicted molar refractivity (Wildman–Crippen MR) is 59.1 cm³/mol. The Morgan fingerprint density at radius 3 is 2.57 bits per heavy atom. The first-order chi connectivity index (χ1) is 6.86. The van der Waals surface area contributed by atoms with E-state index in [1.165, 1.54) is 22.3 Å². The van der Waals surface area contributed by atoms with E-state index in [9.17, 15) is 0 Å². The van der Waals surface area contributed by atoms with E-state index in [2.05, 4.69) is 30.3 Å². The van der Waals surface area contributed by atoms with Gasteiger partial charge in [-0.1, -0.05) is 36.4 Å². The van der Waals surface area contributed by atoms with Crippen LogP contribution >= 0.6 is 0 Å². The van der Waals surface area contributed by atoms with E-state index < -0.39 is 0 Å². The van der Waals surface area contributed by atoms with Gasteiger partial charge in [0.25, 0.3) is 0 Å². The Balaban J connectivity index is 2.35. The normalized spacial score (nSPS) is 12.3. The standard InChI is InChI=1S/C13H11N/c14-12-7-3-5-10-8-9-4-1-2-6-11(9)13(10)12/h1-7H,8,14H2. The molecule has 1 nitrogen and oxygen atoms in total. The van der Waals surface area contributed by atoms with Crippen LogP contribution < -0.4 is 5.73 Å². The molecule has 0 radical (unpaired) electrons. The van der Waals surface area contributed by atoms with Gasteiger partial charge >= 0.3 is 0 Å². The first-order valence-corrected chi connectivity index (χ1v) is 4.82. The maximum atomic E-state index is 5.99. The van der Waals surface area contributed by atoms with Crippen molar-refractivity contribution in [2.75, 3.05) is 5.73 Å². The van der Waals surface area contributed by atoms with Gasteiger partial charge in [0.2, 0.25) is 0 Å². The molecule has 0 unspecified atom stereocenters. The van der Waals surface area contributed by atoms with Gasteiger partial charge < -0.3 is 5.73 Å². The van der Waals surface area contributed by atoms with Crippen molar-refractivity contribution in [1.29, 1.82) is 0 Å². The van der Waals surface area contributed by atoms with E-state index in [1.54, 1.807) is 0 Å². The summed E-state index contributed by atoms with van der Waals surface area (Å²) >= 11 is 0. The lowest BCUT2D eigenvalue weighted by Crippen LogP contribution is -1.89. The van der Waals surface area contributed by atoms with Crippen LogP contribution in [0.1, 0.15) is 11.1 Å². The van der Waals surface area contributed by atoms with Gasteiger partial charge in [0.15, 0.2) is 0 Å². The minimum absolute atomic E-state index is 0.896. The van der Waals surface area contributed by atoms with Crippen LogP contribution in [0.25, 0.3) is 11.1 Å². The summed E-state index contributed by atoms with van der Waals surface area (Å²) in [5.41, 5.74) is 12.2. The maximum Gasteiger partial charge on any atom is 0.0396 e. The second kappa shape index (κ2) is 2.61. The summed E-state index contributed by atoms with van der Waals surface area (Å²) in [5.74, 6) is 0. The molecule has 1 aliphatic rings. The Hall–Kier alpha value is -1.76. The van der Waals surface area contributed by atoms with Crippen LogP contribution in [-0.4, -0.2) is 0 Å². The molecule has 68 valence electrons. The second-order valence-electron chi connectivity index (χ2n) is 3.72. The Morgan fingerprint density at radius 2 is 1.64 bits per heavy atom. The van der Waals surface area contributed by atoms with Gasteiger partial charge in [-0.2, -0.15) is 0 Å². The number of nitrogens with two attached hydrogens (primary N) is 1. The number of hydrogen-bond acceptors (Lipinski definition) is 1. The molecule has 2 aromatic rings. The maximum absolute atomic E-state index is 5.99. The third-order valence-corrected chi connectivity index (χ3v) is 2.85. The van der Waals surface area contributed by atoms with Crippen molar-refractivity contribution in [3.8, 4) is 11.1 Å². The Morgan fingerprint density at radius 1 is 0.857 bits per heavy atom. The SMILES string of the molecule is Nc1cccc2c1-c1ccccc1C2. The summed E-state index contributed by atoms with van der Waals surface area (Å²) in [6.45, 7) is 0. The molecule has 0 aliphatic heterocycles. The molecule has 0 amide bonds. The molecule has 1 aliphatic carbocycles. The third-order valence-electron chi connectivity index (χ3n) is 2.85. The molecule has 2 N–H and O–H groups in total. The predicted octanol–water partition coefficient (Wildman–Crippen LogP) is 2.84. The quantitative estimate of drug-likeness (QED) is 0.530. The minimum Gasteiger partial charge on any atom is -0.398 e. The largest absolute Gasteiger partial charge is 0.398 e. The molecule has 3 rings (SSSR count). The smallest absolute Gasteiger partial charge is 0.0396 e. The van der Waals surface area contributed by atoms with Crippen LogP contribution in [0.4, 0.5) is 5.69 Å². The molecule has 0 saturated heterocycles. The highest BCUT2D eigenvalue weighted by Gasteiger charge is 2.18. The molecule has 1 heteroatoms. The van der Waals surface area contributed by atoms with Crippen molar-refractivity contribution in [1.82, 2.24) is 0 Å². The summed E-state index contributed by atoms with van der Waals surface area (Å²) in [6.07, 6.45) is 1.02. The zero-order valence-corrected chi connectivity index (χ0v) is 7.83. The molecular weight excluding hydrogens is 170 g/mol. The topological polar surface area (TPSA) is 26.0 Å². The fourth-order valence-electron chi connectivity index (χ4n) is 2.22. The van der Waals surface area contributed by atoms with Crippen molar-refractivity contribution in [3.05, 3.63) is 53.6 Å². The van der Waals surface area contributed by atoms with Gasteiger partial charge in [0.1, 0.15) is 0 Å². The van der Waals surface area contributed by atoms with Crippen LogP contribution in [-0.2, 0) is 6.42 Å². The van der Waals surface area contributed by atoms with Gasteiger partial charge in [-0.3, -0.25) is 0 Å². The minimum atomic E-state index is 0.896. The summed E-state index contributed by atoms with van der Waals surface area (Å²) in [5, 5.41) is 0. The van der Waals surface area contributed by atoms with Gasteiger partial charge in [0, 0.05) is 11.3 Å². The lowest BCUT2D eigenvalue weighted by molar-refractivity contribution is 1.26. The van der Waals surface area contributed by atoms with Crippen LogP contribution in [0.5, 0.6) is 0 Å². The molecular formula is C13H11N. The zero-order valence-electron chi connectivity index (χ0n) is 7.83. The van der Waals surface area contributed by atoms with Crippen molar-refractivity contribution in [2.24, 2.45) is 0 Å². The van der Waals surface area contributed by atoms with E-state index in [-0.39, 0.29) is 0 Å². The number of benzene rings is 2. The second-order valence-corrected chi connectivity index (χ2v) is 3.72. The van der Waals surface area contributed by atoms with E-state index in [4.69, 9.17) is 5.73 Å².